The molecular weight excluding hydrogens is 392 g/mol. The SMILES string of the molecule is C=CC1CCC(Nc2nc(-c3cccc(-c4cnn(C)c4)c3)ccc2C(=C)/C=C\C)CC1. The Hall–Kier alpha value is -3.40. The Morgan fingerprint density at radius 3 is 2.56 bits per heavy atom. The second kappa shape index (κ2) is 9.82. The lowest BCUT2D eigenvalue weighted by atomic mass is 9.86. The van der Waals surface area contributed by atoms with Gasteiger partial charge in [-0.1, -0.05) is 43.0 Å². The van der Waals surface area contributed by atoms with E-state index in [0.29, 0.717) is 12.0 Å². The molecule has 0 bridgehead atoms. The third kappa shape index (κ3) is 4.91. The Labute approximate surface area is 191 Å². The third-order valence-electron chi connectivity index (χ3n) is 6.25. The Balaban J connectivity index is 1.66. The van der Waals surface area contributed by atoms with Gasteiger partial charge in [-0.2, -0.15) is 5.10 Å². The summed E-state index contributed by atoms with van der Waals surface area (Å²) in [5.74, 6) is 1.56. The average molecular weight is 425 g/mol. The number of nitrogens with one attached hydrogen (secondary N) is 1. The maximum Gasteiger partial charge on any atom is 0.134 e. The number of hydrogen-bond acceptors (Lipinski definition) is 3. The first-order valence-corrected chi connectivity index (χ1v) is 11.4. The number of nitrogens with zero attached hydrogens (tertiary/aromatic N) is 3. The molecule has 4 nitrogen and oxygen atoms in total. The van der Waals surface area contributed by atoms with Crippen LogP contribution >= 0.6 is 0 Å². The van der Waals surface area contributed by atoms with Crippen LogP contribution in [-0.4, -0.2) is 20.8 Å². The molecule has 0 unspecified atom stereocenters. The molecule has 1 aliphatic rings. The minimum absolute atomic E-state index is 0.424. The zero-order valence-electron chi connectivity index (χ0n) is 19.1. The highest BCUT2D eigenvalue weighted by Gasteiger charge is 2.21. The molecule has 1 aromatic carbocycles. The Kier molecular flexibility index (Phi) is 6.69. The highest BCUT2D eigenvalue weighted by atomic mass is 15.2. The minimum Gasteiger partial charge on any atom is -0.367 e. The summed E-state index contributed by atoms with van der Waals surface area (Å²) in [6, 6.07) is 13.1. The summed E-state index contributed by atoms with van der Waals surface area (Å²) in [7, 11) is 1.94. The molecule has 0 aliphatic heterocycles. The molecule has 1 saturated carbocycles. The molecule has 1 N–H and O–H groups in total. The summed E-state index contributed by atoms with van der Waals surface area (Å²) in [6.45, 7) is 10.2. The normalized spacial score (nSPS) is 18.6. The zero-order valence-corrected chi connectivity index (χ0v) is 19.1. The van der Waals surface area contributed by atoms with Crippen LogP contribution in [0.5, 0.6) is 0 Å². The van der Waals surface area contributed by atoms with Gasteiger partial charge in [0.25, 0.3) is 0 Å². The van der Waals surface area contributed by atoms with E-state index in [4.69, 9.17) is 4.98 Å². The molecular formula is C28H32N4. The van der Waals surface area contributed by atoms with E-state index >= 15 is 0 Å². The van der Waals surface area contributed by atoms with Crippen LogP contribution in [0.4, 0.5) is 5.82 Å². The van der Waals surface area contributed by atoms with E-state index in [-0.39, 0.29) is 0 Å². The maximum absolute atomic E-state index is 5.07. The number of hydrogen-bond donors (Lipinski definition) is 1. The van der Waals surface area contributed by atoms with E-state index < -0.39 is 0 Å². The van der Waals surface area contributed by atoms with E-state index in [1.54, 1.807) is 0 Å². The molecule has 2 heterocycles. The van der Waals surface area contributed by atoms with E-state index in [9.17, 15) is 0 Å². The number of pyridine rings is 1. The summed E-state index contributed by atoms with van der Waals surface area (Å²) < 4.78 is 1.82. The first-order chi connectivity index (χ1) is 15.6. The van der Waals surface area contributed by atoms with Gasteiger partial charge in [-0.25, -0.2) is 4.98 Å². The quantitative estimate of drug-likeness (QED) is 0.331. The predicted molar refractivity (Wildman–Crippen MR) is 135 cm³/mol. The van der Waals surface area contributed by atoms with Gasteiger partial charge < -0.3 is 5.32 Å². The fourth-order valence-corrected chi connectivity index (χ4v) is 4.40. The Bertz CT molecular complexity index is 1130. The highest BCUT2D eigenvalue weighted by Crippen LogP contribution is 2.32. The molecule has 3 aromatic rings. The third-order valence-corrected chi connectivity index (χ3v) is 6.25. The van der Waals surface area contributed by atoms with E-state index in [1.165, 1.54) is 12.8 Å². The fourth-order valence-electron chi connectivity index (χ4n) is 4.40. The van der Waals surface area contributed by atoms with E-state index in [0.717, 1.165) is 52.2 Å². The van der Waals surface area contributed by atoms with Crippen molar-refractivity contribution < 1.29 is 0 Å². The first kappa shape index (κ1) is 21.8. The van der Waals surface area contributed by atoms with Crippen LogP contribution < -0.4 is 5.32 Å². The lowest BCUT2D eigenvalue weighted by Gasteiger charge is -2.28. The van der Waals surface area contributed by atoms with Crippen LogP contribution in [0.1, 0.15) is 38.2 Å². The highest BCUT2D eigenvalue weighted by molar-refractivity contribution is 5.81. The van der Waals surface area contributed by atoms with E-state index in [1.807, 2.05) is 43.2 Å². The van der Waals surface area contributed by atoms with Crippen molar-refractivity contribution in [3.63, 3.8) is 0 Å². The number of rotatable bonds is 7. The van der Waals surface area contributed by atoms with Crippen molar-refractivity contribution in [1.82, 2.24) is 14.8 Å². The molecule has 0 amide bonds. The average Bonchev–Trinajstić information content (AvgIpc) is 3.26. The van der Waals surface area contributed by atoms with Gasteiger partial charge in [0.05, 0.1) is 11.9 Å². The first-order valence-electron chi connectivity index (χ1n) is 11.4. The van der Waals surface area contributed by atoms with Crippen molar-refractivity contribution in [2.75, 3.05) is 5.32 Å². The number of aromatic nitrogens is 3. The largest absolute Gasteiger partial charge is 0.367 e. The van der Waals surface area contributed by atoms with Crippen molar-refractivity contribution in [1.29, 1.82) is 0 Å². The second-order valence-electron chi connectivity index (χ2n) is 8.59. The lowest BCUT2D eigenvalue weighted by molar-refractivity contribution is 0.391. The second-order valence-corrected chi connectivity index (χ2v) is 8.59. The van der Waals surface area contributed by atoms with Gasteiger partial charge in [0.2, 0.25) is 0 Å². The maximum atomic E-state index is 5.07. The van der Waals surface area contributed by atoms with Crippen molar-refractivity contribution >= 4 is 11.4 Å². The molecule has 4 heteroatoms. The van der Waals surface area contributed by atoms with Gasteiger partial charge in [-0.05, 0) is 67.9 Å². The van der Waals surface area contributed by atoms with Crippen LogP contribution in [0.2, 0.25) is 0 Å². The van der Waals surface area contributed by atoms with Gasteiger partial charge >= 0.3 is 0 Å². The standard InChI is InChI=1S/C28H32N4/c1-5-8-20(3)26-15-16-27(31-28(26)30-25-13-11-21(6-2)12-14-25)23-10-7-9-22(17-23)24-18-29-32(4)19-24/h5-10,15-19,21,25H,2-3,11-14H2,1,4H3,(H,30,31)/b8-5-. The minimum atomic E-state index is 0.424. The summed E-state index contributed by atoms with van der Waals surface area (Å²) >= 11 is 0. The molecule has 0 radical (unpaired) electrons. The van der Waals surface area contributed by atoms with Crippen LogP contribution in [-0.2, 0) is 7.05 Å². The lowest BCUT2D eigenvalue weighted by Crippen LogP contribution is -2.26. The van der Waals surface area contributed by atoms with Gasteiger partial charge in [0.1, 0.15) is 5.82 Å². The monoisotopic (exact) mass is 424 g/mol. The molecule has 0 atom stereocenters. The molecule has 1 fully saturated rings. The topological polar surface area (TPSA) is 42.7 Å². The van der Waals surface area contributed by atoms with E-state index in [2.05, 4.69) is 66.0 Å². The summed E-state index contributed by atoms with van der Waals surface area (Å²) in [5, 5.41) is 8.04. The van der Waals surface area contributed by atoms with Gasteiger partial charge in [0, 0.05) is 36.0 Å². The zero-order chi connectivity index (χ0) is 22.5. The van der Waals surface area contributed by atoms with Crippen LogP contribution in [0.25, 0.3) is 28.0 Å². The summed E-state index contributed by atoms with van der Waals surface area (Å²) in [4.78, 5) is 5.07. The van der Waals surface area contributed by atoms with Crippen LogP contribution in [0, 0.1) is 5.92 Å². The van der Waals surface area contributed by atoms with Crippen molar-refractivity contribution in [3.05, 3.63) is 85.7 Å². The van der Waals surface area contributed by atoms with Crippen LogP contribution in [0.15, 0.2) is 80.2 Å². The molecule has 1 aliphatic carbocycles. The van der Waals surface area contributed by atoms with Gasteiger partial charge in [0.15, 0.2) is 0 Å². The number of aryl methyl sites for hydroxylation is 1. The predicted octanol–water partition coefficient (Wildman–Crippen LogP) is 6.90. The smallest absolute Gasteiger partial charge is 0.134 e. The Morgan fingerprint density at radius 1 is 1.09 bits per heavy atom. The van der Waals surface area contributed by atoms with Crippen molar-refractivity contribution in [3.8, 4) is 22.4 Å². The summed E-state index contributed by atoms with van der Waals surface area (Å²) in [6.07, 6.45) is 14.7. The summed E-state index contributed by atoms with van der Waals surface area (Å²) in [5.41, 5.74) is 6.31. The number of allylic oxidation sites excluding steroid dienone is 4. The Morgan fingerprint density at radius 2 is 1.88 bits per heavy atom. The van der Waals surface area contributed by atoms with Gasteiger partial charge in [-0.3, -0.25) is 4.68 Å². The van der Waals surface area contributed by atoms with Crippen LogP contribution in [0.3, 0.4) is 0 Å². The molecule has 2 aromatic heterocycles. The molecule has 0 saturated heterocycles. The molecule has 164 valence electrons. The van der Waals surface area contributed by atoms with Crippen molar-refractivity contribution in [2.24, 2.45) is 13.0 Å². The molecule has 4 rings (SSSR count). The molecule has 0 spiro atoms. The van der Waals surface area contributed by atoms with Crippen molar-refractivity contribution in [2.45, 2.75) is 38.6 Å². The number of anilines is 1. The van der Waals surface area contributed by atoms with Gasteiger partial charge in [-0.15, -0.1) is 6.58 Å². The molecule has 32 heavy (non-hydrogen) atoms. The number of benzene rings is 1. The fraction of sp³-hybridized carbons (Fsp3) is 0.286.